The van der Waals surface area contributed by atoms with Crippen LogP contribution in [0.2, 0.25) is 0 Å². The van der Waals surface area contributed by atoms with Crippen LogP contribution in [0, 0.1) is 13.8 Å². The topological polar surface area (TPSA) is 108 Å². The van der Waals surface area contributed by atoms with Crippen molar-refractivity contribution < 1.29 is 19.4 Å². The van der Waals surface area contributed by atoms with Crippen molar-refractivity contribution in [2.24, 2.45) is 0 Å². The van der Waals surface area contributed by atoms with Crippen LogP contribution in [-0.4, -0.2) is 81.6 Å². The summed E-state index contributed by atoms with van der Waals surface area (Å²) in [4.78, 5) is 39.2. The van der Waals surface area contributed by atoms with E-state index in [0.717, 1.165) is 69.2 Å². The molecule has 0 saturated carbocycles. The molecule has 2 aromatic carbocycles. The zero-order valence-electron chi connectivity index (χ0n) is 27.7. The fraction of sp³-hybridized carbons (Fsp3) is 0.526. The van der Waals surface area contributed by atoms with Crippen LogP contribution in [0.1, 0.15) is 102 Å². The van der Waals surface area contributed by atoms with Crippen LogP contribution < -0.4 is 5.32 Å². The monoisotopic (exact) mass is 637 g/mol. The average Bonchev–Trinajstić information content (AvgIpc) is 3.42. The molecule has 0 radical (unpaired) electrons. The number of amides is 1. The summed E-state index contributed by atoms with van der Waals surface area (Å²) in [5, 5.41) is 13.3. The van der Waals surface area contributed by atoms with Crippen LogP contribution in [0.5, 0.6) is 0 Å². The van der Waals surface area contributed by atoms with Crippen molar-refractivity contribution in [3.63, 3.8) is 0 Å². The Kier molecular flexibility index (Phi) is 9.03. The van der Waals surface area contributed by atoms with Gasteiger partial charge in [0.05, 0.1) is 18.1 Å². The highest BCUT2D eigenvalue weighted by molar-refractivity contribution is 5.94. The van der Waals surface area contributed by atoms with Crippen LogP contribution in [0.4, 0.5) is 5.82 Å². The second-order valence-corrected chi connectivity index (χ2v) is 14.2. The fourth-order valence-corrected chi connectivity index (χ4v) is 8.62. The molecule has 2 N–H and O–H groups in total. The molecule has 1 amide bonds. The number of carboxylic acid groups (broad SMARTS) is 1. The third kappa shape index (κ3) is 6.40. The van der Waals surface area contributed by atoms with Crippen molar-refractivity contribution >= 4 is 17.7 Å². The Morgan fingerprint density at radius 2 is 1.70 bits per heavy atom. The molecule has 4 aliphatic rings. The third-order valence-corrected chi connectivity index (χ3v) is 11.4. The number of anilines is 1. The van der Waals surface area contributed by atoms with E-state index in [0.29, 0.717) is 43.6 Å². The smallest absolute Gasteiger partial charge is 0.311 e. The summed E-state index contributed by atoms with van der Waals surface area (Å²) in [6, 6.07) is 17.2. The summed E-state index contributed by atoms with van der Waals surface area (Å²) in [7, 11) is 0. The molecule has 1 spiro atoms. The number of aryl methyl sites for hydroxylation is 1. The number of aromatic nitrogens is 2. The van der Waals surface area contributed by atoms with Crippen molar-refractivity contribution in [1.29, 1.82) is 0 Å². The Morgan fingerprint density at radius 3 is 2.45 bits per heavy atom. The lowest BCUT2D eigenvalue weighted by molar-refractivity contribution is -0.139. The van der Waals surface area contributed by atoms with Gasteiger partial charge in [-0.25, -0.2) is 9.97 Å². The van der Waals surface area contributed by atoms with Gasteiger partial charge in [-0.3, -0.25) is 9.59 Å². The number of carboxylic acids is 1. The molecule has 1 aliphatic carbocycles. The molecule has 1 aromatic heterocycles. The van der Waals surface area contributed by atoms with Crippen LogP contribution >= 0.6 is 0 Å². The number of aliphatic carboxylic acids is 1. The Bertz CT molecular complexity index is 1590. The molecule has 9 nitrogen and oxygen atoms in total. The summed E-state index contributed by atoms with van der Waals surface area (Å²) in [6.07, 6.45) is 9.37. The molecule has 248 valence electrons. The Morgan fingerprint density at radius 1 is 0.957 bits per heavy atom. The number of rotatable bonds is 7. The van der Waals surface area contributed by atoms with Gasteiger partial charge in [0.1, 0.15) is 17.8 Å². The molecule has 7 rings (SSSR count). The predicted molar refractivity (Wildman–Crippen MR) is 181 cm³/mol. The van der Waals surface area contributed by atoms with Gasteiger partial charge in [0.25, 0.3) is 5.91 Å². The molecule has 4 heterocycles. The van der Waals surface area contributed by atoms with Gasteiger partial charge in [-0.15, -0.1) is 0 Å². The number of hydrogen-bond donors (Lipinski definition) is 2. The van der Waals surface area contributed by atoms with Gasteiger partial charge in [-0.2, -0.15) is 0 Å². The first-order chi connectivity index (χ1) is 22.8. The van der Waals surface area contributed by atoms with E-state index in [1.807, 2.05) is 24.0 Å². The van der Waals surface area contributed by atoms with E-state index in [1.165, 1.54) is 23.0 Å². The van der Waals surface area contributed by atoms with E-state index >= 15 is 0 Å². The van der Waals surface area contributed by atoms with Gasteiger partial charge in [0.2, 0.25) is 0 Å². The minimum absolute atomic E-state index is 0.0281. The molecule has 3 aliphatic heterocycles. The Hall–Kier alpha value is -3.82. The minimum atomic E-state index is -0.708. The second kappa shape index (κ2) is 13.4. The van der Waals surface area contributed by atoms with Crippen LogP contribution in [-0.2, 0) is 14.9 Å². The molecule has 0 bridgehead atoms. The average molecular weight is 638 g/mol. The summed E-state index contributed by atoms with van der Waals surface area (Å²) >= 11 is 0. The minimum Gasteiger partial charge on any atom is -0.481 e. The first kappa shape index (κ1) is 31.8. The normalized spacial score (nSPS) is 24.6. The van der Waals surface area contributed by atoms with Crippen LogP contribution in [0.15, 0.2) is 54.9 Å². The zero-order valence-corrected chi connectivity index (χ0v) is 27.7. The molecule has 1 unspecified atom stereocenters. The Labute approximate surface area is 277 Å². The van der Waals surface area contributed by atoms with Crippen molar-refractivity contribution in [1.82, 2.24) is 19.8 Å². The van der Waals surface area contributed by atoms with Crippen molar-refractivity contribution in [3.8, 4) is 0 Å². The van der Waals surface area contributed by atoms with Gasteiger partial charge in [0.15, 0.2) is 0 Å². The van der Waals surface area contributed by atoms with Crippen LogP contribution in [0.3, 0.4) is 0 Å². The quantitative estimate of drug-likeness (QED) is 0.324. The number of nitrogens with one attached hydrogen (secondary N) is 1. The SMILES string of the molecule is Cc1ccc([C@H]2CCC[C@@H](CNc3ncnc(C(=O)N4CCC(N5CCC6(CC5)CC(C(=O)O)c5ccccc56)CC4)c3C)O2)cc1. The van der Waals surface area contributed by atoms with E-state index < -0.39 is 11.9 Å². The van der Waals surface area contributed by atoms with E-state index in [-0.39, 0.29) is 23.5 Å². The lowest BCUT2D eigenvalue weighted by Crippen LogP contribution is -2.51. The number of carbonyl (C=O) groups is 2. The third-order valence-electron chi connectivity index (χ3n) is 11.4. The highest BCUT2D eigenvalue weighted by atomic mass is 16.5. The molecule has 3 saturated heterocycles. The van der Waals surface area contributed by atoms with Crippen molar-refractivity contribution in [2.45, 2.75) is 94.8 Å². The summed E-state index contributed by atoms with van der Waals surface area (Å²) in [5.41, 5.74) is 5.95. The number of fused-ring (bicyclic) bond motifs is 2. The second-order valence-electron chi connectivity index (χ2n) is 14.2. The number of piperidine rings is 2. The first-order valence-corrected chi connectivity index (χ1v) is 17.4. The lowest BCUT2D eigenvalue weighted by Gasteiger charge is -2.45. The maximum absolute atomic E-state index is 13.7. The number of ether oxygens (including phenoxy) is 1. The van der Waals surface area contributed by atoms with Gasteiger partial charge in [0, 0.05) is 31.2 Å². The highest BCUT2D eigenvalue weighted by Crippen LogP contribution is 2.52. The van der Waals surface area contributed by atoms with E-state index in [1.54, 1.807) is 0 Å². The molecule has 3 atom stereocenters. The number of likely N-dealkylation sites (tertiary alicyclic amines) is 2. The molecular formula is C38H47N5O4. The molecule has 3 fully saturated rings. The highest BCUT2D eigenvalue weighted by Gasteiger charge is 2.48. The predicted octanol–water partition coefficient (Wildman–Crippen LogP) is 6.03. The van der Waals surface area contributed by atoms with Crippen LogP contribution in [0.25, 0.3) is 0 Å². The first-order valence-electron chi connectivity index (χ1n) is 17.4. The fourth-order valence-electron chi connectivity index (χ4n) is 8.62. The van der Waals surface area contributed by atoms with E-state index in [2.05, 4.69) is 63.5 Å². The number of nitrogens with zero attached hydrogens (tertiary/aromatic N) is 4. The molecule has 9 heteroatoms. The van der Waals surface area contributed by atoms with E-state index in [4.69, 9.17) is 4.74 Å². The Balaban J connectivity index is 0.917. The maximum atomic E-state index is 13.7. The summed E-state index contributed by atoms with van der Waals surface area (Å²) < 4.78 is 6.46. The van der Waals surface area contributed by atoms with Gasteiger partial charge in [-0.05, 0) is 100 Å². The molecular weight excluding hydrogens is 590 g/mol. The number of carbonyl (C=O) groups excluding carboxylic acids is 1. The molecule has 47 heavy (non-hydrogen) atoms. The summed E-state index contributed by atoms with van der Waals surface area (Å²) in [6.45, 7) is 8.02. The van der Waals surface area contributed by atoms with Gasteiger partial charge in [-0.1, -0.05) is 54.1 Å². The summed E-state index contributed by atoms with van der Waals surface area (Å²) in [5.74, 6) is -0.439. The standard InChI is InChI=1S/C38H47N5O4/c1-25-10-12-27(13-11-25)33-9-5-6-29(47-33)23-39-35-26(2)34(40-24-41-35)36(44)43-18-14-28(15-19-43)42-20-16-38(17-21-42)22-31(37(45)46)30-7-3-4-8-32(30)38/h3-4,7-8,10-13,24,28-29,31,33H,5-6,9,14-23H2,1-2H3,(H,45,46)(H,39,40,41)/t29-,31?,33+/m0/s1. The number of benzene rings is 2. The zero-order chi connectivity index (χ0) is 32.5. The lowest BCUT2D eigenvalue weighted by atomic mass is 9.73. The van der Waals surface area contributed by atoms with Crippen molar-refractivity contribution in [3.05, 3.63) is 88.4 Å². The van der Waals surface area contributed by atoms with E-state index in [9.17, 15) is 14.7 Å². The molecule has 3 aromatic rings. The largest absolute Gasteiger partial charge is 0.481 e. The maximum Gasteiger partial charge on any atom is 0.311 e. The van der Waals surface area contributed by atoms with Gasteiger partial charge < -0.3 is 25.0 Å². The number of hydrogen-bond acceptors (Lipinski definition) is 7. The van der Waals surface area contributed by atoms with Gasteiger partial charge >= 0.3 is 5.97 Å². The van der Waals surface area contributed by atoms with Crippen molar-refractivity contribution in [2.75, 3.05) is 38.0 Å².